The molecular formula is C20H23NO4. The minimum Gasteiger partial charge on any atom is -0.444 e. The predicted octanol–water partition coefficient (Wildman–Crippen LogP) is 3.24. The number of nitrogens with zero attached hydrogens (tertiary/aromatic N) is 1. The molecule has 1 fully saturated rings. The summed E-state index contributed by atoms with van der Waals surface area (Å²) >= 11 is 0. The molecule has 0 aromatic heterocycles. The molecule has 2 aliphatic rings. The molecule has 5 heteroatoms. The van der Waals surface area contributed by atoms with Gasteiger partial charge in [-0.25, -0.2) is 4.79 Å². The Bertz CT molecular complexity index is 747. The van der Waals surface area contributed by atoms with Crippen LogP contribution in [-0.2, 0) is 19.9 Å². The molecule has 2 heterocycles. The Balaban J connectivity index is 2.16. The van der Waals surface area contributed by atoms with Gasteiger partial charge < -0.3 is 4.74 Å². The minimum absolute atomic E-state index is 0.0317. The van der Waals surface area contributed by atoms with Crippen molar-refractivity contribution < 1.29 is 19.1 Å². The normalized spacial score (nSPS) is 28.2. The molecule has 0 aliphatic carbocycles. The number of amides is 1. The summed E-state index contributed by atoms with van der Waals surface area (Å²) in [5.74, 6) is -0.643. The molecule has 0 spiro atoms. The average Bonchev–Trinajstić information content (AvgIpc) is 2.81. The van der Waals surface area contributed by atoms with Gasteiger partial charge in [-0.15, -0.1) is 0 Å². The number of fused-ring (bicyclic) bond motifs is 2. The van der Waals surface area contributed by atoms with E-state index in [9.17, 15) is 14.4 Å². The lowest BCUT2D eigenvalue weighted by atomic mass is 9.81. The second kappa shape index (κ2) is 5.83. The summed E-state index contributed by atoms with van der Waals surface area (Å²) in [6.45, 7) is 6.86. The molecule has 1 saturated heterocycles. The van der Waals surface area contributed by atoms with Gasteiger partial charge in [-0.1, -0.05) is 36.4 Å². The third-order valence-electron chi connectivity index (χ3n) is 4.85. The molecule has 1 aromatic carbocycles. The number of rotatable bonds is 2. The molecule has 3 atom stereocenters. The zero-order chi connectivity index (χ0) is 18.4. The zero-order valence-electron chi connectivity index (χ0n) is 15.0. The lowest BCUT2D eigenvalue weighted by Gasteiger charge is -2.41. The van der Waals surface area contributed by atoms with Crippen LogP contribution in [0.2, 0.25) is 0 Å². The van der Waals surface area contributed by atoms with E-state index in [4.69, 9.17) is 4.74 Å². The molecule has 2 aliphatic heterocycles. The Morgan fingerprint density at radius 3 is 2.40 bits per heavy atom. The van der Waals surface area contributed by atoms with Crippen molar-refractivity contribution in [1.82, 2.24) is 4.90 Å². The number of benzene rings is 1. The maximum absolute atomic E-state index is 13.0. The van der Waals surface area contributed by atoms with Gasteiger partial charge in [-0.2, -0.15) is 0 Å². The van der Waals surface area contributed by atoms with E-state index in [2.05, 4.69) is 0 Å². The van der Waals surface area contributed by atoms with Gasteiger partial charge >= 0.3 is 6.09 Å². The SMILES string of the molecule is CC(=O)[C@@H]1C[C@]2(c3ccccc3)C(=O)C=CC1N2C(=O)OC(C)(C)C. The molecule has 3 rings (SSSR count). The van der Waals surface area contributed by atoms with Crippen LogP contribution in [0.4, 0.5) is 4.79 Å². The molecule has 5 nitrogen and oxygen atoms in total. The van der Waals surface area contributed by atoms with Crippen molar-refractivity contribution in [2.75, 3.05) is 0 Å². The lowest BCUT2D eigenvalue weighted by molar-refractivity contribution is -0.126. The van der Waals surface area contributed by atoms with E-state index in [1.165, 1.54) is 17.9 Å². The monoisotopic (exact) mass is 341 g/mol. The van der Waals surface area contributed by atoms with E-state index in [-0.39, 0.29) is 18.0 Å². The molecule has 1 unspecified atom stereocenters. The van der Waals surface area contributed by atoms with Crippen LogP contribution in [-0.4, -0.2) is 34.2 Å². The Morgan fingerprint density at radius 2 is 1.84 bits per heavy atom. The highest BCUT2D eigenvalue weighted by Gasteiger charge is 2.61. The van der Waals surface area contributed by atoms with E-state index in [1.807, 2.05) is 30.3 Å². The lowest BCUT2D eigenvalue weighted by Crippen LogP contribution is -2.56. The fourth-order valence-corrected chi connectivity index (χ4v) is 3.82. The maximum Gasteiger partial charge on any atom is 0.411 e. The first kappa shape index (κ1) is 17.4. The van der Waals surface area contributed by atoms with Gasteiger partial charge in [0.1, 0.15) is 16.9 Å². The smallest absolute Gasteiger partial charge is 0.411 e. The maximum atomic E-state index is 13.0. The molecule has 0 saturated carbocycles. The van der Waals surface area contributed by atoms with Gasteiger partial charge in [0.25, 0.3) is 0 Å². The van der Waals surface area contributed by atoms with Gasteiger partial charge in [0.2, 0.25) is 0 Å². The van der Waals surface area contributed by atoms with Crippen molar-refractivity contribution in [2.24, 2.45) is 5.92 Å². The standard InChI is InChI=1S/C20H23NO4/c1-13(22)15-12-20(14-8-6-5-7-9-14)17(23)11-10-16(15)21(20)18(24)25-19(2,3)4/h5-11,15-16H,12H2,1-4H3/t15-,16?,20-/m0/s1. The van der Waals surface area contributed by atoms with Crippen molar-refractivity contribution in [3.63, 3.8) is 0 Å². The Kier molecular flexibility index (Phi) is 4.06. The van der Waals surface area contributed by atoms with Crippen LogP contribution in [0.25, 0.3) is 0 Å². The van der Waals surface area contributed by atoms with E-state index >= 15 is 0 Å². The van der Waals surface area contributed by atoms with Crippen LogP contribution in [0.5, 0.6) is 0 Å². The quantitative estimate of drug-likeness (QED) is 0.828. The van der Waals surface area contributed by atoms with E-state index in [1.54, 1.807) is 26.8 Å². The highest BCUT2D eigenvalue weighted by atomic mass is 16.6. The molecule has 0 radical (unpaired) electrons. The second-order valence-corrected chi connectivity index (χ2v) is 7.71. The largest absolute Gasteiger partial charge is 0.444 e. The number of ether oxygens (including phenoxy) is 1. The van der Waals surface area contributed by atoms with Crippen LogP contribution in [0.15, 0.2) is 42.5 Å². The second-order valence-electron chi connectivity index (χ2n) is 7.71. The summed E-state index contributed by atoms with van der Waals surface area (Å²) in [4.78, 5) is 39.6. The third kappa shape index (κ3) is 2.77. The molecule has 1 aromatic rings. The first-order chi connectivity index (χ1) is 11.7. The predicted molar refractivity (Wildman–Crippen MR) is 92.9 cm³/mol. The van der Waals surface area contributed by atoms with E-state index in [0.29, 0.717) is 5.56 Å². The Morgan fingerprint density at radius 1 is 1.20 bits per heavy atom. The van der Waals surface area contributed by atoms with E-state index < -0.39 is 29.2 Å². The van der Waals surface area contributed by atoms with Crippen molar-refractivity contribution >= 4 is 17.7 Å². The van der Waals surface area contributed by atoms with Gasteiger partial charge in [0.05, 0.1) is 6.04 Å². The van der Waals surface area contributed by atoms with Crippen molar-refractivity contribution in [3.05, 3.63) is 48.0 Å². The highest BCUT2D eigenvalue weighted by molar-refractivity contribution is 6.04. The third-order valence-corrected chi connectivity index (χ3v) is 4.85. The number of carbonyl (C=O) groups excluding carboxylic acids is 3. The van der Waals surface area contributed by atoms with E-state index in [0.717, 1.165) is 0 Å². The first-order valence-electron chi connectivity index (χ1n) is 8.48. The van der Waals surface area contributed by atoms with Gasteiger partial charge in [-0.05, 0) is 45.8 Å². The van der Waals surface area contributed by atoms with Crippen LogP contribution >= 0.6 is 0 Å². The summed E-state index contributed by atoms with van der Waals surface area (Å²) in [5, 5.41) is 0. The topological polar surface area (TPSA) is 63.7 Å². The molecule has 2 bridgehead atoms. The summed E-state index contributed by atoms with van der Waals surface area (Å²) in [7, 11) is 0. The summed E-state index contributed by atoms with van der Waals surface area (Å²) < 4.78 is 5.57. The van der Waals surface area contributed by atoms with Crippen LogP contribution in [0.3, 0.4) is 0 Å². The Labute approximate surface area is 147 Å². The highest BCUT2D eigenvalue weighted by Crippen LogP contribution is 2.50. The van der Waals surface area contributed by atoms with Gasteiger partial charge in [0, 0.05) is 5.92 Å². The summed E-state index contributed by atoms with van der Waals surface area (Å²) in [5.41, 5.74) is -1.16. The first-order valence-corrected chi connectivity index (χ1v) is 8.48. The van der Waals surface area contributed by atoms with Crippen LogP contribution in [0.1, 0.15) is 39.7 Å². The fourth-order valence-electron chi connectivity index (χ4n) is 3.82. The van der Waals surface area contributed by atoms with Crippen molar-refractivity contribution in [3.8, 4) is 0 Å². The van der Waals surface area contributed by atoms with Gasteiger partial charge in [0.15, 0.2) is 5.78 Å². The number of Topliss-reactive ketones (excluding diaryl/α,β-unsaturated/α-hetero) is 1. The fraction of sp³-hybridized carbons (Fsp3) is 0.450. The number of ketones is 2. The number of hydrogen-bond donors (Lipinski definition) is 0. The summed E-state index contributed by atoms with van der Waals surface area (Å²) in [6, 6.07) is 8.71. The van der Waals surface area contributed by atoms with Gasteiger partial charge in [-0.3, -0.25) is 14.5 Å². The molecular weight excluding hydrogens is 318 g/mol. The molecule has 1 amide bonds. The van der Waals surface area contributed by atoms with Crippen molar-refractivity contribution in [2.45, 2.75) is 51.3 Å². The number of hydrogen-bond acceptors (Lipinski definition) is 4. The molecule has 0 N–H and O–H groups in total. The van der Waals surface area contributed by atoms with Crippen molar-refractivity contribution in [1.29, 1.82) is 0 Å². The minimum atomic E-state index is -1.18. The summed E-state index contributed by atoms with van der Waals surface area (Å²) in [6.07, 6.45) is 2.87. The number of carbonyl (C=O) groups is 3. The average molecular weight is 341 g/mol. The zero-order valence-corrected chi connectivity index (χ0v) is 15.0. The Hall–Kier alpha value is -2.43. The molecule has 25 heavy (non-hydrogen) atoms. The van der Waals surface area contributed by atoms with Crippen LogP contribution < -0.4 is 0 Å². The molecule has 132 valence electrons. The van der Waals surface area contributed by atoms with Crippen LogP contribution in [0, 0.1) is 5.92 Å².